The number of likely N-dealkylation sites (N-methyl/N-ethyl adjacent to an activating group) is 1. The van der Waals surface area contributed by atoms with E-state index >= 15 is 0 Å². The molecule has 0 atom stereocenters. The molecule has 1 fully saturated rings. The number of ketones is 1. The lowest BCUT2D eigenvalue weighted by Gasteiger charge is -2.32. The summed E-state index contributed by atoms with van der Waals surface area (Å²) in [7, 11) is 2.18. The van der Waals surface area contributed by atoms with Gasteiger partial charge >= 0.3 is 0 Å². The van der Waals surface area contributed by atoms with Crippen LogP contribution in [0.3, 0.4) is 0 Å². The predicted molar refractivity (Wildman–Crippen MR) is 81.1 cm³/mol. The maximum Gasteiger partial charge on any atom is 0.159 e. The maximum atomic E-state index is 11.2. The zero-order valence-corrected chi connectivity index (χ0v) is 12.6. The molecule has 0 radical (unpaired) electrons. The van der Waals surface area contributed by atoms with Gasteiger partial charge in [0, 0.05) is 48.9 Å². The molecule has 0 unspecified atom stereocenters. The Labute approximate surface area is 120 Å². The van der Waals surface area contributed by atoms with Crippen molar-refractivity contribution < 1.29 is 4.79 Å². The van der Waals surface area contributed by atoms with Crippen molar-refractivity contribution in [2.45, 2.75) is 11.8 Å². The molecule has 2 rings (SSSR count). The van der Waals surface area contributed by atoms with E-state index in [0.717, 1.165) is 17.9 Å². The highest BCUT2D eigenvalue weighted by Crippen LogP contribution is 2.18. The van der Waals surface area contributed by atoms with Crippen LogP contribution in [-0.2, 0) is 0 Å². The Kier molecular flexibility index (Phi) is 5.43. The average molecular weight is 278 g/mol. The van der Waals surface area contributed by atoms with Crippen LogP contribution in [-0.4, -0.2) is 61.1 Å². The molecule has 3 nitrogen and oxygen atoms in total. The third-order valence-electron chi connectivity index (χ3n) is 3.53. The molecule has 0 aromatic heterocycles. The first-order valence-corrected chi connectivity index (χ1v) is 7.78. The molecule has 1 aliphatic rings. The third-order valence-corrected chi connectivity index (χ3v) is 4.53. The van der Waals surface area contributed by atoms with Crippen LogP contribution in [0.4, 0.5) is 0 Å². The van der Waals surface area contributed by atoms with Gasteiger partial charge in [-0.25, -0.2) is 0 Å². The number of benzene rings is 1. The van der Waals surface area contributed by atoms with Gasteiger partial charge in [0.05, 0.1) is 0 Å². The molecule has 1 heterocycles. The van der Waals surface area contributed by atoms with Gasteiger partial charge in [-0.2, -0.15) is 0 Å². The van der Waals surface area contributed by atoms with Gasteiger partial charge in [-0.15, -0.1) is 11.8 Å². The minimum Gasteiger partial charge on any atom is -0.304 e. The fourth-order valence-corrected chi connectivity index (χ4v) is 3.06. The molecule has 4 heteroatoms. The van der Waals surface area contributed by atoms with Crippen molar-refractivity contribution in [2.24, 2.45) is 0 Å². The van der Waals surface area contributed by atoms with Crippen molar-refractivity contribution in [3.8, 4) is 0 Å². The van der Waals surface area contributed by atoms with Gasteiger partial charge in [0.1, 0.15) is 0 Å². The molecule has 104 valence electrons. The lowest BCUT2D eigenvalue weighted by atomic mass is 10.2. The summed E-state index contributed by atoms with van der Waals surface area (Å²) >= 11 is 1.87. The van der Waals surface area contributed by atoms with Crippen LogP contribution in [0.25, 0.3) is 0 Å². The molecular weight excluding hydrogens is 256 g/mol. The number of carbonyl (C=O) groups is 1. The first kappa shape index (κ1) is 14.6. The summed E-state index contributed by atoms with van der Waals surface area (Å²) in [5.74, 6) is 1.25. The van der Waals surface area contributed by atoms with Crippen LogP contribution < -0.4 is 0 Å². The van der Waals surface area contributed by atoms with E-state index in [-0.39, 0.29) is 5.78 Å². The largest absolute Gasteiger partial charge is 0.304 e. The van der Waals surface area contributed by atoms with Gasteiger partial charge in [-0.1, -0.05) is 12.1 Å². The van der Waals surface area contributed by atoms with E-state index in [2.05, 4.69) is 16.8 Å². The SMILES string of the molecule is CC(=O)c1ccc(SCCN2CCN(C)CC2)cc1. The van der Waals surface area contributed by atoms with E-state index in [1.807, 2.05) is 36.0 Å². The van der Waals surface area contributed by atoms with Gasteiger partial charge in [0.15, 0.2) is 5.78 Å². The first-order valence-electron chi connectivity index (χ1n) is 6.80. The van der Waals surface area contributed by atoms with Crippen molar-refractivity contribution in [3.63, 3.8) is 0 Å². The highest BCUT2D eigenvalue weighted by molar-refractivity contribution is 7.99. The quantitative estimate of drug-likeness (QED) is 0.609. The molecule has 0 amide bonds. The molecule has 0 aliphatic carbocycles. The lowest BCUT2D eigenvalue weighted by Crippen LogP contribution is -2.45. The molecule has 0 bridgehead atoms. The second-order valence-electron chi connectivity index (χ2n) is 5.07. The van der Waals surface area contributed by atoms with Crippen molar-refractivity contribution >= 4 is 17.5 Å². The number of Topliss-reactive ketones (excluding diaryl/α,β-unsaturated/α-hetero) is 1. The van der Waals surface area contributed by atoms with Gasteiger partial charge < -0.3 is 4.90 Å². The predicted octanol–water partition coefficient (Wildman–Crippen LogP) is 2.23. The fraction of sp³-hybridized carbons (Fsp3) is 0.533. The van der Waals surface area contributed by atoms with Crippen molar-refractivity contribution in [1.82, 2.24) is 9.80 Å². The highest BCUT2D eigenvalue weighted by Gasteiger charge is 2.12. The zero-order valence-electron chi connectivity index (χ0n) is 11.8. The van der Waals surface area contributed by atoms with Crippen LogP contribution in [0.1, 0.15) is 17.3 Å². The molecule has 1 aromatic carbocycles. The smallest absolute Gasteiger partial charge is 0.159 e. The Hall–Kier alpha value is -0.840. The number of hydrogen-bond donors (Lipinski definition) is 0. The molecule has 1 aliphatic heterocycles. The highest BCUT2D eigenvalue weighted by atomic mass is 32.2. The van der Waals surface area contributed by atoms with Gasteiger partial charge in [-0.05, 0) is 26.1 Å². The molecule has 0 spiro atoms. The van der Waals surface area contributed by atoms with E-state index in [1.54, 1.807) is 6.92 Å². The Morgan fingerprint density at radius 2 is 1.79 bits per heavy atom. The van der Waals surface area contributed by atoms with E-state index < -0.39 is 0 Å². The van der Waals surface area contributed by atoms with Crippen LogP contribution >= 0.6 is 11.8 Å². The number of hydrogen-bond acceptors (Lipinski definition) is 4. The summed E-state index contributed by atoms with van der Waals surface area (Å²) in [4.78, 5) is 17.3. The Balaban J connectivity index is 1.72. The Morgan fingerprint density at radius 3 is 2.37 bits per heavy atom. The lowest BCUT2D eigenvalue weighted by molar-refractivity contribution is 0.101. The van der Waals surface area contributed by atoms with E-state index in [9.17, 15) is 4.79 Å². The van der Waals surface area contributed by atoms with Gasteiger partial charge in [0.2, 0.25) is 0 Å². The number of piperazine rings is 1. The summed E-state index contributed by atoms with van der Waals surface area (Å²) in [5, 5.41) is 0. The topological polar surface area (TPSA) is 23.6 Å². The van der Waals surface area contributed by atoms with Crippen molar-refractivity contribution in [2.75, 3.05) is 45.5 Å². The Morgan fingerprint density at radius 1 is 1.16 bits per heavy atom. The minimum atomic E-state index is 0.133. The number of thioether (sulfide) groups is 1. The van der Waals surface area contributed by atoms with Gasteiger partial charge in [-0.3, -0.25) is 9.69 Å². The molecule has 19 heavy (non-hydrogen) atoms. The van der Waals surface area contributed by atoms with Crippen LogP contribution in [0.15, 0.2) is 29.2 Å². The summed E-state index contributed by atoms with van der Waals surface area (Å²) < 4.78 is 0. The number of rotatable bonds is 5. The second-order valence-corrected chi connectivity index (χ2v) is 6.24. The number of nitrogens with zero attached hydrogens (tertiary/aromatic N) is 2. The maximum absolute atomic E-state index is 11.2. The standard InChI is InChI=1S/C15H22N2OS/c1-13(18)14-3-5-15(6-4-14)19-12-11-17-9-7-16(2)8-10-17/h3-6H,7-12H2,1-2H3. The van der Waals surface area contributed by atoms with Crippen molar-refractivity contribution in [3.05, 3.63) is 29.8 Å². The normalized spacial score (nSPS) is 17.6. The average Bonchev–Trinajstić information content (AvgIpc) is 2.41. The minimum absolute atomic E-state index is 0.133. The molecule has 0 N–H and O–H groups in total. The van der Waals surface area contributed by atoms with Crippen LogP contribution in [0.2, 0.25) is 0 Å². The second kappa shape index (κ2) is 7.08. The summed E-state index contributed by atoms with van der Waals surface area (Å²) in [6.07, 6.45) is 0. The van der Waals surface area contributed by atoms with Gasteiger partial charge in [0.25, 0.3) is 0 Å². The molecule has 1 aromatic rings. The van der Waals surface area contributed by atoms with Crippen LogP contribution in [0.5, 0.6) is 0 Å². The van der Waals surface area contributed by atoms with E-state index in [4.69, 9.17) is 0 Å². The number of carbonyl (C=O) groups excluding carboxylic acids is 1. The van der Waals surface area contributed by atoms with Crippen LogP contribution in [0, 0.1) is 0 Å². The fourth-order valence-electron chi connectivity index (χ4n) is 2.15. The molecule has 1 saturated heterocycles. The molecular formula is C15H22N2OS. The third kappa shape index (κ3) is 4.64. The van der Waals surface area contributed by atoms with E-state index in [1.165, 1.54) is 31.1 Å². The monoisotopic (exact) mass is 278 g/mol. The van der Waals surface area contributed by atoms with Crippen molar-refractivity contribution in [1.29, 1.82) is 0 Å². The summed E-state index contributed by atoms with van der Waals surface area (Å²) in [6, 6.07) is 7.93. The van der Waals surface area contributed by atoms with E-state index in [0.29, 0.717) is 0 Å². The summed E-state index contributed by atoms with van der Waals surface area (Å²) in [5.41, 5.74) is 0.795. The zero-order chi connectivity index (χ0) is 13.7. The molecule has 0 saturated carbocycles. The first-order chi connectivity index (χ1) is 9.15. The summed E-state index contributed by atoms with van der Waals surface area (Å²) in [6.45, 7) is 7.47. The Bertz CT molecular complexity index is 411.